The monoisotopic (exact) mass is 330 g/mol. The lowest BCUT2D eigenvalue weighted by atomic mass is 10.00. The van der Waals surface area contributed by atoms with Crippen LogP contribution < -0.4 is 9.13 Å². The van der Waals surface area contributed by atoms with E-state index in [4.69, 9.17) is 4.42 Å². The van der Waals surface area contributed by atoms with E-state index in [0.717, 1.165) is 5.69 Å². The van der Waals surface area contributed by atoms with Crippen LogP contribution in [0.3, 0.4) is 0 Å². The third-order valence-corrected chi connectivity index (χ3v) is 4.85. The second-order valence-corrected chi connectivity index (χ2v) is 6.73. The Balaban J connectivity index is 1.99. The van der Waals surface area contributed by atoms with Crippen molar-refractivity contribution in [3.8, 4) is 16.9 Å². The first-order valence-electron chi connectivity index (χ1n) is 8.49. The number of rotatable bonds is 2. The van der Waals surface area contributed by atoms with Crippen molar-refractivity contribution in [3.05, 3.63) is 78.1 Å². The Kier molecular flexibility index (Phi) is 3.65. The minimum absolute atomic E-state index is 1.08. The van der Waals surface area contributed by atoms with E-state index in [1.54, 1.807) is 6.39 Å². The van der Waals surface area contributed by atoms with E-state index in [-0.39, 0.29) is 0 Å². The van der Waals surface area contributed by atoms with Gasteiger partial charge in [0.15, 0.2) is 18.2 Å². The molecule has 0 radical (unpaired) electrons. The Morgan fingerprint density at radius 2 is 1.68 bits per heavy atom. The van der Waals surface area contributed by atoms with Gasteiger partial charge in [-0.05, 0) is 36.9 Å². The Bertz CT molecular complexity index is 1090. The summed E-state index contributed by atoms with van der Waals surface area (Å²) in [7, 11) is 2.01. The molecule has 0 aliphatic carbocycles. The summed E-state index contributed by atoms with van der Waals surface area (Å²) < 4.78 is 9.68. The highest BCUT2D eigenvalue weighted by atomic mass is 16.3. The SMILES string of the molecule is Cc1cc(-c2coc[n+]2C)c(C)c(-[n+]2cc3ccccc3cc2C)c1. The van der Waals surface area contributed by atoms with Crippen LogP contribution in [0.1, 0.15) is 16.8 Å². The smallest absolute Gasteiger partial charge is 0.334 e. The van der Waals surface area contributed by atoms with Crippen molar-refractivity contribution in [1.29, 1.82) is 0 Å². The Morgan fingerprint density at radius 1 is 0.920 bits per heavy atom. The van der Waals surface area contributed by atoms with Crippen molar-refractivity contribution >= 4 is 10.8 Å². The van der Waals surface area contributed by atoms with E-state index >= 15 is 0 Å². The van der Waals surface area contributed by atoms with Crippen LogP contribution in [0.2, 0.25) is 0 Å². The molecule has 0 atom stereocenters. The second kappa shape index (κ2) is 5.85. The van der Waals surface area contributed by atoms with Gasteiger partial charge in [-0.1, -0.05) is 18.2 Å². The Hall–Kier alpha value is -2.94. The van der Waals surface area contributed by atoms with Crippen molar-refractivity contribution in [3.63, 3.8) is 0 Å². The number of aryl methyl sites for hydroxylation is 3. The summed E-state index contributed by atoms with van der Waals surface area (Å²) in [6.45, 7) is 6.48. The molecule has 3 heteroatoms. The summed E-state index contributed by atoms with van der Waals surface area (Å²) in [5.74, 6) is 0. The zero-order valence-corrected chi connectivity index (χ0v) is 15.1. The van der Waals surface area contributed by atoms with E-state index < -0.39 is 0 Å². The van der Waals surface area contributed by atoms with Gasteiger partial charge in [-0.3, -0.25) is 0 Å². The first-order chi connectivity index (χ1) is 12.0. The van der Waals surface area contributed by atoms with Crippen LogP contribution in [0.25, 0.3) is 27.7 Å². The number of benzene rings is 2. The molecule has 0 bridgehead atoms. The normalized spacial score (nSPS) is 11.2. The lowest BCUT2D eigenvalue weighted by Gasteiger charge is -2.09. The van der Waals surface area contributed by atoms with Gasteiger partial charge in [-0.15, -0.1) is 0 Å². The molecular formula is C22H22N2O+2. The average molecular weight is 330 g/mol. The molecule has 2 aromatic heterocycles. The van der Waals surface area contributed by atoms with Gasteiger partial charge in [0.2, 0.25) is 5.69 Å². The molecule has 2 heterocycles. The fourth-order valence-electron chi connectivity index (χ4n) is 3.49. The molecule has 4 rings (SSSR count). The van der Waals surface area contributed by atoms with Crippen LogP contribution >= 0.6 is 0 Å². The van der Waals surface area contributed by atoms with Crippen molar-refractivity contribution in [2.45, 2.75) is 20.8 Å². The topological polar surface area (TPSA) is 20.9 Å². The minimum atomic E-state index is 1.08. The second-order valence-electron chi connectivity index (χ2n) is 6.73. The molecule has 25 heavy (non-hydrogen) atoms. The quantitative estimate of drug-likeness (QED) is 0.506. The van der Waals surface area contributed by atoms with Gasteiger partial charge < -0.3 is 4.42 Å². The highest BCUT2D eigenvalue weighted by Crippen LogP contribution is 2.26. The first-order valence-corrected chi connectivity index (χ1v) is 8.49. The van der Waals surface area contributed by atoms with Gasteiger partial charge in [0.05, 0.1) is 5.56 Å². The van der Waals surface area contributed by atoms with Crippen molar-refractivity contribution in [2.75, 3.05) is 0 Å². The van der Waals surface area contributed by atoms with Crippen molar-refractivity contribution < 1.29 is 13.6 Å². The van der Waals surface area contributed by atoms with Crippen LogP contribution in [0.4, 0.5) is 0 Å². The fourth-order valence-corrected chi connectivity index (χ4v) is 3.49. The van der Waals surface area contributed by atoms with E-state index in [1.165, 1.54) is 38.8 Å². The highest BCUT2D eigenvalue weighted by Gasteiger charge is 2.23. The van der Waals surface area contributed by atoms with Crippen LogP contribution in [0.15, 0.2) is 65.7 Å². The summed E-state index contributed by atoms with van der Waals surface area (Å²) in [6, 6.07) is 15.2. The maximum absolute atomic E-state index is 5.38. The number of hydrogen-bond donors (Lipinski definition) is 0. The molecule has 0 N–H and O–H groups in total. The first kappa shape index (κ1) is 15.6. The van der Waals surface area contributed by atoms with E-state index in [2.05, 4.69) is 74.0 Å². The minimum Gasteiger partial charge on any atom is -0.412 e. The predicted molar refractivity (Wildman–Crippen MR) is 98.6 cm³/mol. The largest absolute Gasteiger partial charge is 0.412 e. The standard InChI is InChI=1S/C22H22N2O/c1-15-9-20(22-13-25-14-23(22)4)17(3)21(10-15)24-12-19-8-6-5-7-18(19)11-16(24)2/h5-14H,1-4H3/q+2. The molecule has 3 nitrogen and oxygen atoms in total. The Morgan fingerprint density at radius 3 is 2.40 bits per heavy atom. The van der Waals surface area contributed by atoms with Crippen LogP contribution in [-0.4, -0.2) is 0 Å². The maximum atomic E-state index is 5.38. The molecule has 0 unspecified atom stereocenters. The molecule has 124 valence electrons. The number of hydrogen-bond acceptors (Lipinski definition) is 1. The molecule has 0 amide bonds. The average Bonchev–Trinajstić information content (AvgIpc) is 3.02. The third-order valence-electron chi connectivity index (χ3n) is 4.85. The number of nitrogens with zero attached hydrogens (tertiary/aromatic N) is 2. The molecule has 0 aliphatic heterocycles. The zero-order valence-electron chi connectivity index (χ0n) is 15.1. The summed E-state index contributed by atoms with van der Waals surface area (Å²) in [5.41, 5.74) is 7.19. The number of pyridine rings is 1. The van der Waals surface area contributed by atoms with Gasteiger partial charge in [-0.2, -0.15) is 9.13 Å². The molecule has 4 aromatic rings. The number of oxazole rings is 1. The van der Waals surface area contributed by atoms with Gasteiger partial charge >= 0.3 is 6.39 Å². The summed E-state index contributed by atoms with van der Waals surface area (Å²) in [6.07, 6.45) is 5.76. The van der Waals surface area contributed by atoms with Gasteiger partial charge in [0, 0.05) is 30.0 Å². The molecule has 2 aromatic carbocycles. The van der Waals surface area contributed by atoms with Crippen molar-refractivity contribution in [1.82, 2.24) is 0 Å². The number of fused-ring (bicyclic) bond motifs is 1. The molecule has 0 spiro atoms. The summed E-state index contributed by atoms with van der Waals surface area (Å²) in [5, 5.41) is 2.51. The molecule has 0 saturated heterocycles. The lowest BCUT2D eigenvalue weighted by molar-refractivity contribution is -0.664. The van der Waals surface area contributed by atoms with Gasteiger partial charge in [-0.25, -0.2) is 0 Å². The third kappa shape index (κ3) is 2.62. The van der Waals surface area contributed by atoms with Crippen LogP contribution in [-0.2, 0) is 7.05 Å². The van der Waals surface area contributed by atoms with Crippen LogP contribution in [0, 0.1) is 20.8 Å². The zero-order chi connectivity index (χ0) is 17.6. The molecule has 0 saturated carbocycles. The lowest BCUT2D eigenvalue weighted by Crippen LogP contribution is -2.35. The maximum Gasteiger partial charge on any atom is 0.334 e. The fraction of sp³-hybridized carbons (Fsp3) is 0.182. The molecule has 0 fully saturated rings. The predicted octanol–water partition coefficient (Wildman–Crippen LogP) is 4.13. The highest BCUT2D eigenvalue weighted by molar-refractivity contribution is 5.81. The van der Waals surface area contributed by atoms with Crippen LogP contribution in [0.5, 0.6) is 0 Å². The van der Waals surface area contributed by atoms with E-state index in [0.29, 0.717) is 0 Å². The summed E-state index contributed by atoms with van der Waals surface area (Å²) in [4.78, 5) is 0. The number of aromatic nitrogens is 2. The molecular weight excluding hydrogens is 308 g/mol. The van der Waals surface area contributed by atoms with E-state index in [1.807, 2.05) is 17.9 Å². The van der Waals surface area contributed by atoms with Crippen molar-refractivity contribution in [2.24, 2.45) is 7.05 Å². The van der Waals surface area contributed by atoms with Gasteiger partial charge in [0.1, 0.15) is 7.05 Å². The summed E-state index contributed by atoms with van der Waals surface area (Å²) >= 11 is 0. The molecule has 0 aliphatic rings. The van der Waals surface area contributed by atoms with Gasteiger partial charge in [0.25, 0.3) is 5.69 Å². The Labute approximate surface area is 147 Å². The van der Waals surface area contributed by atoms with E-state index in [9.17, 15) is 0 Å².